The molecule has 17 nitrogen and oxygen atoms in total. The van der Waals surface area contributed by atoms with E-state index in [-0.39, 0.29) is 25.7 Å². The number of ether oxygens (including phenoxy) is 4. The highest BCUT2D eigenvalue weighted by Gasteiger charge is 2.30. The van der Waals surface area contributed by atoms with E-state index in [1.165, 1.54) is 89.9 Å². The summed E-state index contributed by atoms with van der Waals surface area (Å²) in [5.74, 6) is -2.29. The van der Waals surface area contributed by atoms with E-state index in [1.54, 1.807) is 0 Å². The Kier molecular flexibility index (Phi) is 71.4. The highest BCUT2D eigenvalue weighted by Crippen LogP contribution is 2.45. The van der Waals surface area contributed by atoms with E-state index in [1.807, 2.05) is 12.2 Å². The van der Waals surface area contributed by atoms with Crippen LogP contribution < -0.4 is 0 Å². The van der Waals surface area contributed by atoms with Crippen LogP contribution in [0.4, 0.5) is 0 Å². The molecule has 102 heavy (non-hydrogen) atoms. The molecule has 3 N–H and O–H groups in total. The Hall–Kier alpha value is -4.54. The van der Waals surface area contributed by atoms with Crippen molar-refractivity contribution in [2.75, 3.05) is 39.6 Å². The summed E-state index contributed by atoms with van der Waals surface area (Å²) >= 11 is 0. The predicted octanol–water partition coefficient (Wildman–Crippen LogP) is 23.1. The number of aliphatic hydroxyl groups is 1. The first-order valence-electron chi connectivity index (χ1n) is 39.8. The van der Waals surface area contributed by atoms with E-state index in [9.17, 15) is 43.2 Å². The molecule has 0 spiro atoms. The molecule has 0 amide bonds. The van der Waals surface area contributed by atoms with E-state index in [2.05, 4.69) is 137 Å². The van der Waals surface area contributed by atoms with Crippen molar-refractivity contribution in [1.29, 1.82) is 0 Å². The number of aliphatic hydroxyl groups excluding tert-OH is 1. The minimum Gasteiger partial charge on any atom is -0.462 e. The Labute approximate surface area is 619 Å². The number of unbranched alkanes of at least 4 members (excludes halogenated alkanes) is 30. The van der Waals surface area contributed by atoms with Crippen LogP contribution in [-0.4, -0.2) is 96.7 Å². The van der Waals surface area contributed by atoms with Gasteiger partial charge in [-0.05, 0) is 148 Å². The Bertz CT molecular complexity index is 2410. The monoisotopic (exact) mass is 1470 g/mol. The molecule has 5 atom stereocenters. The number of esters is 4. The molecule has 586 valence electrons. The second kappa shape index (κ2) is 74.7. The quantitative estimate of drug-likeness (QED) is 0.0128. The summed E-state index contributed by atoms with van der Waals surface area (Å²) in [5.41, 5.74) is 0. The van der Waals surface area contributed by atoms with Crippen molar-refractivity contribution in [2.45, 2.75) is 341 Å². The fourth-order valence-corrected chi connectivity index (χ4v) is 11.9. The summed E-state index contributed by atoms with van der Waals surface area (Å²) < 4.78 is 68.5. The second-order valence-electron chi connectivity index (χ2n) is 26.3. The van der Waals surface area contributed by atoms with Crippen LogP contribution in [0, 0.1) is 0 Å². The van der Waals surface area contributed by atoms with Crippen molar-refractivity contribution in [2.24, 2.45) is 0 Å². The third-order valence-electron chi connectivity index (χ3n) is 16.4. The Morgan fingerprint density at radius 1 is 0.284 bits per heavy atom. The van der Waals surface area contributed by atoms with Gasteiger partial charge in [-0.1, -0.05) is 271 Å². The Balaban J connectivity index is 5.45. The molecule has 0 fully saturated rings. The maximum atomic E-state index is 13.1. The largest absolute Gasteiger partial charge is 0.472 e. The molecule has 19 heteroatoms. The molecule has 0 aromatic rings. The number of carbonyl (C=O) groups is 4. The second-order valence-corrected chi connectivity index (χ2v) is 29.3. The summed E-state index contributed by atoms with van der Waals surface area (Å²) in [6, 6.07) is 0. The number of phosphoric ester groups is 2. The molecule has 2 unspecified atom stereocenters. The van der Waals surface area contributed by atoms with Gasteiger partial charge >= 0.3 is 39.5 Å². The molecule has 0 bridgehead atoms. The van der Waals surface area contributed by atoms with Crippen molar-refractivity contribution < 1.29 is 80.2 Å². The van der Waals surface area contributed by atoms with Crippen molar-refractivity contribution in [3.8, 4) is 0 Å². The molecule has 0 rings (SSSR count). The summed E-state index contributed by atoms with van der Waals surface area (Å²) in [6.07, 6.45) is 81.8. The molecule has 0 radical (unpaired) electrons. The molecule has 0 saturated carbocycles. The molecule has 0 aliphatic rings. The van der Waals surface area contributed by atoms with Crippen molar-refractivity contribution >= 4 is 39.5 Å². The van der Waals surface area contributed by atoms with Crippen LogP contribution in [0.2, 0.25) is 0 Å². The van der Waals surface area contributed by atoms with Gasteiger partial charge in [0.2, 0.25) is 0 Å². The Morgan fingerprint density at radius 3 is 0.853 bits per heavy atom. The van der Waals surface area contributed by atoms with E-state index in [0.29, 0.717) is 32.1 Å². The van der Waals surface area contributed by atoms with Crippen LogP contribution in [0.1, 0.15) is 323 Å². The van der Waals surface area contributed by atoms with Crippen LogP contribution in [-0.2, 0) is 65.4 Å². The van der Waals surface area contributed by atoms with Crippen LogP contribution in [0.15, 0.2) is 122 Å². The molecule has 0 saturated heterocycles. The molecular formula is C83H142O17P2. The normalized spacial score (nSPS) is 14.5. The first-order chi connectivity index (χ1) is 49.7. The SMILES string of the molecule is CCCCC/C=C\C/C=C\C/C=C\C/C=C\CCCC(=O)O[C@H](COC(=O)CCCCCCC/C=C\C=C/CCCCCC)COP(=O)(O)OC[C@H](O)COP(=O)(O)OC[C@@H](COC(=O)CCCCCCC/C=C\C/C=C\CCCCC)OC(=O)CCCCCCC/C=C\C=C/CCCCCC. The minimum absolute atomic E-state index is 0.0132. The van der Waals surface area contributed by atoms with Gasteiger partial charge in [0.25, 0.3) is 0 Å². The topological polar surface area (TPSA) is 237 Å². The number of allylic oxidation sites excluding steroid dienone is 20. The lowest BCUT2D eigenvalue weighted by Crippen LogP contribution is -2.30. The highest BCUT2D eigenvalue weighted by molar-refractivity contribution is 7.47. The third kappa shape index (κ3) is 73.8. The smallest absolute Gasteiger partial charge is 0.462 e. The number of hydrogen-bond donors (Lipinski definition) is 3. The van der Waals surface area contributed by atoms with Gasteiger partial charge in [0.1, 0.15) is 19.3 Å². The Morgan fingerprint density at radius 2 is 0.520 bits per heavy atom. The lowest BCUT2D eigenvalue weighted by atomic mass is 10.1. The minimum atomic E-state index is -5.00. The fourth-order valence-electron chi connectivity index (χ4n) is 10.3. The van der Waals surface area contributed by atoms with Gasteiger partial charge in [-0.25, -0.2) is 9.13 Å². The maximum absolute atomic E-state index is 13.1. The van der Waals surface area contributed by atoms with E-state index in [0.717, 1.165) is 148 Å². The average molecular weight is 1470 g/mol. The molecule has 0 aliphatic heterocycles. The average Bonchev–Trinajstić information content (AvgIpc) is 0.917. The van der Waals surface area contributed by atoms with E-state index < -0.39 is 97.5 Å². The van der Waals surface area contributed by atoms with Gasteiger partial charge in [0, 0.05) is 25.7 Å². The molecule has 0 aromatic carbocycles. The molecular weight excluding hydrogens is 1330 g/mol. The van der Waals surface area contributed by atoms with Crippen LogP contribution in [0.25, 0.3) is 0 Å². The first-order valence-corrected chi connectivity index (χ1v) is 42.8. The van der Waals surface area contributed by atoms with Crippen LogP contribution in [0.3, 0.4) is 0 Å². The molecule has 0 heterocycles. The summed E-state index contributed by atoms with van der Waals surface area (Å²) in [5, 5.41) is 10.6. The van der Waals surface area contributed by atoms with Crippen molar-refractivity contribution in [3.05, 3.63) is 122 Å². The number of rotatable bonds is 74. The van der Waals surface area contributed by atoms with Gasteiger partial charge in [-0.3, -0.25) is 37.3 Å². The van der Waals surface area contributed by atoms with Gasteiger partial charge in [-0.15, -0.1) is 0 Å². The van der Waals surface area contributed by atoms with Gasteiger partial charge in [0.05, 0.1) is 26.4 Å². The predicted molar refractivity (Wildman–Crippen MR) is 418 cm³/mol. The van der Waals surface area contributed by atoms with Gasteiger partial charge < -0.3 is 33.8 Å². The zero-order valence-corrected chi connectivity index (χ0v) is 65.8. The number of phosphoric acid groups is 2. The summed E-state index contributed by atoms with van der Waals surface area (Å²) in [6.45, 7) is 4.68. The van der Waals surface area contributed by atoms with Crippen molar-refractivity contribution in [3.63, 3.8) is 0 Å². The molecule has 0 aromatic heterocycles. The zero-order chi connectivity index (χ0) is 74.6. The first kappa shape index (κ1) is 97.5. The van der Waals surface area contributed by atoms with E-state index >= 15 is 0 Å². The lowest BCUT2D eigenvalue weighted by Gasteiger charge is -2.21. The zero-order valence-electron chi connectivity index (χ0n) is 64.0. The summed E-state index contributed by atoms with van der Waals surface area (Å²) in [7, 11) is -9.99. The highest BCUT2D eigenvalue weighted by atomic mass is 31.2. The fraction of sp³-hybridized carbons (Fsp3) is 0.711. The van der Waals surface area contributed by atoms with Crippen LogP contribution >= 0.6 is 15.6 Å². The standard InChI is InChI=1S/C83H142O17P2/c1-5-9-13-17-21-25-29-33-37-38-42-46-50-54-58-62-66-70-83(88)100-79(74-94-81(86)68-64-60-56-52-48-44-40-35-31-27-23-19-15-11-7-3)76-98-102(91,92)96-72-77(84)71-95-101(89,90)97-75-78(99-82(87)69-65-61-57-53-49-45-41-36-32-28-24-20-16-12-8-4)73-93-80(85)67-63-59-55-51-47-43-39-34-30-26-22-18-14-10-6-2/h21-22,25-28,31-37,39-42,46,54,58,77-79,84H,5-20,23-24,29-30,38,43-45,47-53,55-57,59-76H2,1-4H3,(H,89,90)(H,91,92)/b25-21-,26-22-,31-27-,32-28-,37-33-,39-34-,40-35-,41-36-,46-42-,58-54-/t77-,78-,79-/m1/s1. The lowest BCUT2D eigenvalue weighted by molar-refractivity contribution is -0.161. The molecule has 0 aliphatic carbocycles. The third-order valence-corrected chi connectivity index (χ3v) is 18.3. The van der Waals surface area contributed by atoms with Crippen LogP contribution in [0.5, 0.6) is 0 Å². The van der Waals surface area contributed by atoms with Gasteiger partial charge in [0.15, 0.2) is 12.2 Å². The number of hydrogen-bond acceptors (Lipinski definition) is 15. The number of carbonyl (C=O) groups excluding carboxylic acids is 4. The van der Waals surface area contributed by atoms with Gasteiger partial charge in [-0.2, -0.15) is 0 Å². The van der Waals surface area contributed by atoms with E-state index in [4.69, 9.17) is 37.0 Å². The summed E-state index contributed by atoms with van der Waals surface area (Å²) in [4.78, 5) is 73.0. The maximum Gasteiger partial charge on any atom is 0.472 e. The van der Waals surface area contributed by atoms with Crippen molar-refractivity contribution in [1.82, 2.24) is 0 Å².